The fraction of sp³-hybridized carbons (Fsp3) is 0.450. The lowest BCUT2D eigenvalue weighted by molar-refractivity contribution is -0.141. The van der Waals surface area contributed by atoms with Gasteiger partial charge in [0.25, 0.3) is 5.56 Å². The minimum absolute atomic E-state index is 0.132. The third-order valence-electron chi connectivity index (χ3n) is 5.77. The van der Waals surface area contributed by atoms with Gasteiger partial charge in [0.05, 0.1) is 17.0 Å². The van der Waals surface area contributed by atoms with Crippen LogP contribution in [0.4, 0.5) is 0 Å². The molecule has 1 aromatic carbocycles. The molecule has 1 saturated carbocycles. The summed E-state index contributed by atoms with van der Waals surface area (Å²) in [6.45, 7) is 5.01. The fourth-order valence-electron chi connectivity index (χ4n) is 4.05. The molecule has 2 aliphatic heterocycles. The second kappa shape index (κ2) is 7.40. The van der Waals surface area contributed by atoms with Crippen molar-refractivity contribution in [1.29, 1.82) is 0 Å². The summed E-state index contributed by atoms with van der Waals surface area (Å²) in [6, 6.07) is 4.06. The van der Waals surface area contributed by atoms with Gasteiger partial charge in [-0.15, -0.1) is 0 Å². The summed E-state index contributed by atoms with van der Waals surface area (Å²) >= 11 is 0. The second-order valence-corrected chi connectivity index (χ2v) is 7.73. The average molecular weight is 397 g/mol. The predicted octanol–water partition coefficient (Wildman–Crippen LogP) is 1.04. The number of carboxylic acid groups (broad SMARTS) is 1. The highest BCUT2D eigenvalue weighted by Crippen LogP contribution is 2.26. The molecule has 0 amide bonds. The number of nitrogens with zero attached hydrogens (tertiary/aromatic N) is 3. The second-order valence-electron chi connectivity index (χ2n) is 7.73. The summed E-state index contributed by atoms with van der Waals surface area (Å²) in [7, 11) is 0. The number of carbonyl (C=O) groups is 1. The normalized spacial score (nSPS) is 19.2. The maximum atomic E-state index is 12.3. The maximum absolute atomic E-state index is 12.3. The molecule has 3 aliphatic rings. The van der Waals surface area contributed by atoms with Crippen molar-refractivity contribution >= 4 is 17.0 Å². The number of benzene rings is 1. The first kappa shape index (κ1) is 19.3. The van der Waals surface area contributed by atoms with Crippen molar-refractivity contribution in [2.45, 2.75) is 45.7 Å². The molecule has 0 radical (unpaired) electrons. The largest absolute Gasteiger partial charge is 0.481 e. The number of carboxylic acids is 1. The highest BCUT2D eigenvalue weighted by Gasteiger charge is 2.29. The number of rotatable bonds is 5. The number of aliphatic carboxylic acids is 1. The van der Waals surface area contributed by atoms with E-state index < -0.39 is 17.2 Å². The summed E-state index contributed by atoms with van der Waals surface area (Å²) in [4.78, 5) is 45.9. The van der Waals surface area contributed by atoms with Crippen LogP contribution in [-0.2, 0) is 11.3 Å². The van der Waals surface area contributed by atoms with Gasteiger partial charge in [0.1, 0.15) is 0 Å². The van der Waals surface area contributed by atoms with E-state index in [-0.39, 0.29) is 23.5 Å². The van der Waals surface area contributed by atoms with E-state index in [2.05, 4.69) is 20.3 Å². The van der Waals surface area contributed by atoms with Crippen molar-refractivity contribution in [1.82, 2.24) is 24.8 Å². The van der Waals surface area contributed by atoms with E-state index in [1.165, 1.54) is 0 Å². The van der Waals surface area contributed by atoms with Crippen LogP contribution in [0.3, 0.4) is 0 Å². The van der Waals surface area contributed by atoms with Crippen molar-refractivity contribution in [2.24, 2.45) is 5.92 Å². The van der Waals surface area contributed by atoms with Crippen LogP contribution in [0.2, 0.25) is 0 Å². The number of fused-ring (bicyclic) bond motifs is 2. The van der Waals surface area contributed by atoms with Gasteiger partial charge in [-0.25, -0.2) is 9.78 Å². The standard InChI is InChI=1S/C20H23N5O4/c1-10-7-14-15(8-11(10)2)25(17-16(22-14)18(26)24-20(29)23-17)6-5-21-13-4-3-12(9-13)19(27)28/h7-8,12-13,21H,3-6,9H2,1-2H3,(H,27,28)(H,24,26,29)/t12?,13-/m0/s1. The molecule has 9 heteroatoms. The van der Waals surface area contributed by atoms with Crippen molar-refractivity contribution < 1.29 is 9.90 Å². The Balaban J connectivity index is 1.69. The van der Waals surface area contributed by atoms with Crippen LogP contribution in [0.1, 0.15) is 30.4 Å². The van der Waals surface area contributed by atoms with Crippen LogP contribution in [0.15, 0.2) is 21.7 Å². The van der Waals surface area contributed by atoms with Gasteiger partial charge in [-0.1, -0.05) is 0 Å². The Morgan fingerprint density at radius 1 is 1.24 bits per heavy atom. The first-order valence-corrected chi connectivity index (χ1v) is 9.71. The minimum atomic E-state index is -0.743. The molecule has 2 atom stereocenters. The van der Waals surface area contributed by atoms with Crippen molar-refractivity contribution in [3.8, 4) is 11.5 Å². The zero-order valence-electron chi connectivity index (χ0n) is 16.4. The number of hydrogen-bond acceptors (Lipinski definition) is 6. The number of H-pyrrole nitrogens is 1. The third-order valence-corrected chi connectivity index (χ3v) is 5.77. The first-order valence-electron chi connectivity index (χ1n) is 9.71. The van der Waals surface area contributed by atoms with Gasteiger partial charge in [-0.3, -0.25) is 14.6 Å². The average Bonchev–Trinajstić information content (AvgIpc) is 3.13. The summed E-state index contributed by atoms with van der Waals surface area (Å²) in [5, 5.41) is 12.6. The number of hydrogen-bond donors (Lipinski definition) is 3. The summed E-state index contributed by atoms with van der Waals surface area (Å²) in [5.41, 5.74) is 2.48. The minimum Gasteiger partial charge on any atom is -0.481 e. The Morgan fingerprint density at radius 2 is 2.00 bits per heavy atom. The zero-order chi connectivity index (χ0) is 20.7. The Morgan fingerprint density at radius 3 is 2.72 bits per heavy atom. The number of aromatic nitrogens is 4. The van der Waals surface area contributed by atoms with Crippen molar-refractivity contribution in [3.05, 3.63) is 44.1 Å². The SMILES string of the molecule is Cc1cc2nc3c(=O)[nH]c(=O)nc-3n(CCN[C@H]3CCC(C(=O)O)C3)c2cc1C. The van der Waals surface area contributed by atoms with Gasteiger partial charge in [0.15, 0.2) is 11.5 Å². The van der Waals surface area contributed by atoms with E-state index in [1.54, 1.807) is 0 Å². The third kappa shape index (κ3) is 3.65. The molecule has 0 spiro atoms. The molecule has 29 heavy (non-hydrogen) atoms. The van der Waals surface area contributed by atoms with Crippen LogP contribution in [0, 0.1) is 19.8 Å². The molecule has 1 aromatic rings. The molecule has 9 nitrogen and oxygen atoms in total. The number of nitrogens with one attached hydrogen (secondary N) is 2. The topological polar surface area (TPSA) is 130 Å². The quantitative estimate of drug-likeness (QED) is 0.549. The number of aryl methyl sites for hydroxylation is 2. The van der Waals surface area contributed by atoms with Crippen LogP contribution >= 0.6 is 0 Å². The smallest absolute Gasteiger partial charge is 0.349 e. The van der Waals surface area contributed by atoms with Gasteiger partial charge in [0, 0.05) is 19.1 Å². The van der Waals surface area contributed by atoms with Crippen molar-refractivity contribution in [3.63, 3.8) is 0 Å². The highest BCUT2D eigenvalue weighted by molar-refractivity contribution is 5.81. The Bertz CT molecular complexity index is 1180. The molecular weight excluding hydrogens is 374 g/mol. The molecule has 2 heterocycles. The lowest BCUT2D eigenvalue weighted by Gasteiger charge is -2.19. The Kier molecular flexibility index (Phi) is 4.91. The van der Waals surface area contributed by atoms with Crippen molar-refractivity contribution in [2.75, 3.05) is 6.54 Å². The van der Waals surface area contributed by atoms with E-state index in [0.29, 0.717) is 31.4 Å². The van der Waals surface area contributed by atoms with Gasteiger partial charge < -0.3 is 15.0 Å². The van der Waals surface area contributed by atoms with E-state index in [9.17, 15) is 14.4 Å². The molecule has 0 aromatic heterocycles. The highest BCUT2D eigenvalue weighted by atomic mass is 16.4. The summed E-state index contributed by atoms with van der Waals surface area (Å²) < 4.78 is 1.84. The fourth-order valence-corrected chi connectivity index (χ4v) is 4.05. The number of aromatic amines is 1. The summed E-state index contributed by atoms with van der Waals surface area (Å²) in [6.07, 6.45) is 2.11. The Hall–Kier alpha value is -3.07. The summed E-state index contributed by atoms with van der Waals surface area (Å²) in [5.74, 6) is -0.783. The molecule has 0 bridgehead atoms. The molecule has 4 rings (SSSR count). The molecule has 3 N–H and O–H groups in total. The van der Waals surface area contributed by atoms with Crippen LogP contribution in [0.5, 0.6) is 0 Å². The van der Waals surface area contributed by atoms with E-state index in [1.807, 2.05) is 30.5 Å². The molecule has 1 unspecified atom stereocenters. The van der Waals surface area contributed by atoms with Crippen LogP contribution in [-0.4, -0.2) is 43.2 Å². The van der Waals surface area contributed by atoms with E-state index in [4.69, 9.17) is 5.11 Å². The van der Waals surface area contributed by atoms with E-state index >= 15 is 0 Å². The predicted molar refractivity (Wildman–Crippen MR) is 107 cm³/mol. The lowest BCUT2D eigenvalue weighted by atomic mass is 10.1. The van der Waals surface area contributed by atoms with Gasteiger partial charge >= 0.3 is 11.7 Å². The van der Waals surface area contributed by atoms with Crippen LogP contribution < -0.4 is 16.6 Å². The van der Waals surface area contributed by atoms with Gasteiger partial charge in [-0.05, 0) is 56.4 Å². The van der Waals surface area contributed by atoms with Gasteiger partial charge in [0.2, 0.25) is 0 Å². The molecule has 152 valence electrons. The monoisotopic (exact) mass is 397 g/mol. The van der Waals surface area contributed by atoms with E-state index in [0.717, 1.165) is 23.1 Å². The van der Waals surface area contributed by atoms with Gasteiger partial charge in [-0.2, -0.15) is 4.98 Å². The lowest BCUT2D eigenvalue weighted by Crippen LogP contribution is -2.33. The Labute approximate surface area is 166 Å². The first-order chi connectivity index (χ1) is 13.8. The molecular formula is C20H23N5O4. The molecule has 1 fully saturated rings. The molecule has 1 aliphatic carbocycles. The molecule has 0 saturated heterocycles. The maximum Gasteiger partial charge on any atom is 0.349 e. The zero-order valence-corrected chi connectivity index (χ0v) is 16.4. The van der Waals surface area contributed by atoms with Crippen LogP contribution in [0.25, 0.3) is 22.6 Å².